The molecule has 1 unspecified atom stereocenters. The first-order valence-corrected chi connectivity index (χ1v) is 7.56. The molecular formula is C15H24N4O2. The first kappa shape index (κ1) is 15.7. The Hall–Kier alpha value is -1.69. The van der Waals surface area contributed by atoms with Crippen LogP contribution in [-0.4, -0.2) is 54.1 Å². The Morgan fingerprint density at radius 3 is 3.00 bits per heavy atom. The van der Waals surface area contributed by atoms with E-state index in [1.807, 2.05) is 0 Å². The summed E-state index contributed by atoms with van der Waals surface area (Å²) in [6, 6.07) is 0. The van der Waals surface area contributed by atoms with Gasteiger partial charge >= 0.3 is 0 Å². The SMILES string of the molecule is CN(C)C(=O)c1cncc(NCCCCC2CCCO2)n1. The van der Waals surface area contributed by atoms with Gasteiger partial charge in [0.25, 0.3) is 5.91 Å². The van der Waals surface area contributed by atoms with Crippen LogP contribution in [0, 0.1) is 0 Å². The molecule has 0 saturated carbocycles. The molecule has 1 atom stereocenters. The average molecular weight is 292 g/mol. The van der Waals surface area contributed by atoms with Crippen LogP contribution in [0.1, 0.15) is 42.6 Å². The molecule has 0 bridgehead atoms. The molecule has 1 aromatic heterocycles. The van der Waals surface area contributed by atoms with Crippen LogP contribution >= 0.6 is 0 Å². The van der Waals surface area contributed by atoms with Gasteiger partial charge in [0.2, 0.25) is 0 Å². The Morgan fingerprint density at radius 1 is 1.43 bits per heavy atom. The minimum atomic E-state index is -0.135. The standard InChI is InChI=1S/C15H24N4O2/c1-19(2)15(20)13-10-16-11-14(18-13)17-8-4-3-6-12-7-5-9-21-12/h10-12H,3-9H2,1-2H3,(H,17,18). The molecule has 0 radical (unpaired) electrons. The molecule has 0 aliphatic carbocycles. The van der Waals surface area contributed by atoms with Crippen molar-refractivity contribution in [3.05, 3.63) is 18.1 Å². The van der Waals surface area contributed by atoms with Gasteiger partial charge in [-0.1, -0.05) is 0 Å². The largest absolute Gasteiger partial charge is 0.378 e. The second kappa shape index (κ2) is 7.93. The lowest BCUT2D eigenvalue weighted by Gasteiger charge is -2.11. The van der Waals surface area contributed by atoms with E-state index in [1.54, 1.807) is 20.3 Å². The zero-order valence-electron chi connectivity index (χ0n) is 12.8. The highest BCUT2D eigenvalue weighted by atomic mass is 16.5. The van der Waals surface area contributed by atoms with Gasteiger partial charge in [-0.3, -0.25) is 9.78 Å². The van der Waals surface area contributed by atoms with Gasteiger partial charge in [0.1, 0.15) is 11.5 Å². The molecule has 0 aromatic carbocycles. The summed E-state index contributed by atoms with van der Waals surface area (Å²) < 4.78 is 5.60. The van der Waals surface area contributed by atoms with Crippen molar-refractivity contribution in [2.24, 2.45) is 0 Å². The highest BCUT2D eigenvalue weighted by Gasteiger charge is 2.14. The number of ether oxygens (including phenoxy) is 1. The third kappa shape index (κ3) is 4.97. The minimum Gasteiger partial charge on any atom is -0.378 e. The quantitative estimate of drug-likeness (QED) is 0.778. The lowest BCUT2D eigenvalue weighted by Crippen LogP contribution is -2.23. The first-order valence-electron chi connectivity index (χ1n) is 7.56. The molecule has 1 aromatic rings. The van der Waals surface area contributed by atoms with Crippen LogP contribution in [0.3, 0.4) is 0 Å². The number of amides is 1. The molecule has 6 heteroatoms. The van der Waals surface area contributed by atoms with Crippen LogP contribution in [0.15, 0.2) is 12.4 Å². The minimum absolute atomic E-state index is 0.135. The Balaban J connectivity index is 1.70. The highest BCUT2D eigenvalue weighted by Crippen LogP contribution is 2.17. The van der Waals surface area contributed by atoms with Crippen molar-refractivity contribution in [1.82, 2.24) is 14.9 Å². The molecule has 1 aliphatic heterocycles. The smallest absolute Gasteiger partial charge is 0.273 e. The number of nitrogens with zero attached hydrogens (tertiary/aromatic N) is 3. The number of hydrogen-bond acceptors (Lipinski definition) is 5. The van der Waals surface area contributed by atoms with Crippen molar-refractivity contribution < 1.29 is 9.53 Å². The van der Waals surface area contributed by atoms with Gasteiger partial charge in [0, 0.05) is 27.2 Å². The van der Waals surface area contributed by atoms with Crippen molar-refractivity contribution in [3.8, 4) is 0 Å². The zero-order chi connectivity index (χ0) is 15.1. The van der Waals surface area contributed by atoms with Crippen LogP contribution in [0.4, 0.5) is 5.82 Å². The average Bonchev–Trinajstić information content (AvgIpc) is 2.99. The number of rotatable bonds is 7. The van der Waals surface area contributed by atoms with E-state index in [0.717, 1.165) is 32.4 Å². The van der Waals surface area contributed by atoms with Crippen LogP contribution in [0.25, 0.3) is 0 Å². The third-order valence-electron chi connectivity index (χ3n) is 3.54. The van der Waals surface area contributed by atoms with Gasteiger partial charge < -0.3 is 15.0 Å². The van der Waals surface area contributed by atoms with Gasteiger partial charge in [0.05, 0.1) is 18.5 Å². The topological polar surface area (TPSA) is 67.4 Å². The van der Waals surface area contributed by atoms with E-state index in [-0.39, 0.29) is 5.91 Å². The van der Waals surface area contributed by atoms with Crippen molar-refractivity contribution in [2.75, 3.05) is 32.6 Å². The summed E-state index contributed by atoms with van der Waals surface area (Å²) in [7, 11) is 3.41. The van der Waals surface area contributed by atoms with Crippen molar-refractivity contribution in [3.63, 3.8) is 0 Å². The van der Waals surface area contributed by atoms with Gasteiger partial charge in [-0.2, -0.15) is 0 Å². The van der Waals surface area contributed by atoms with E-state index < -0.39 is 0 Å². The summed E-state index contributed by atoms with van der Waals surface area (Å²) in [5.41, 5.74) is 0.365. The van der Waals surface area contributed by atoms with Gasteiger partial charge in [-0.05, 0) is 32.1 Å². The fraction of sp³-hybridized carbons (Fsp3) is 0.667. The van der Waals surface area contributed by atoms with Crippen molar-refractivity contribution in [2.45, 2.75) is 38.2 Å². The molecule has 6 nitrogen and oxygen atoms in total. The number of aromatic nitrogens is 2. The number of hydrogen-bond donors (Lipinski definition) is 1. The van der Waals surface area contributed by atoms with Crippen LogP contribution < -0.4 is 5.32 Å². The molecule has 1 fully saturated rings. The second-order valence-corrected chi connectivity index (χ2v) is 5.55. The molecule has 1 aliphatic rings. The molecule has 1 amide bonds. The van der Waals surface area contributed by atoms with E-state index in [4.69, 9.17) is 4.74 Å². The summed E-state index contributed by atoms with van der Waals surface area (Å²) in [4.78, 5) is 21.6. The Morgan fingerprint density at radius 2 is 2.29 bits per heavy atom. The molecule has 21 heavy (non-hydrogen) atoms. The molecule has 1 N–H and O–H groups in total. The monoisotopic (exact) mass is 292 g/mol. The van der Waals surface area contributed by atoms with Gasteiger partial charge in [0.15, 0.2) is 0 Å². The van der Waals surface area contributed by atoms with Gasteiger partial charge in [-0.25, -0.2) is 4.98 Å². The summed E-state index contributed by atoms with van der Waals surface area (Å²) in [6.07, 6.45) is 9.34. The van der Waals surface area contributed by atoms with Crippen molar-refractivity contribution in [1.29, 1.82) is 0 Å². The maximum Gasteiger partial charge on any atom is 0.273 e. The maximum atomic E-state index is 11.8. The van der Waals surface area contributed by atoms with Crippen LogP contribution in [0.5, 0.6) is 0 Å². The van der Waals surface area contributed by atoms with Crippen LogP contribution in [0.2, 0.25) is 0 Å². The predicted molar refractivity (Wildman–Crippen MR) is 81.4 cm³/mol. The van der Waals surface area contributed by atoms with E-state index in [2.05, 4.69) is 15.3 Å². The Labute approximate surface area is 125 Å². The zero-order valence-corrected chi connectivity index (χ0v) is 12.8. The molecule has 2 heterocycles. The van der Waals surface area contributed by atoms with E-state index >= 15 is 0 Å². The van der Waals surface area contributed by atoms with E-state index in [1.165, 1.54) is 23.9 Å². The molecule has 2 rings (SSSR count). The summed E-state index contributed by atoms with van der Waals surface area (Å²) in [6.45, 7) is 1.76. The number of carbonyl (C=O) groups is 1. The second-order valence-electron chi connectivity index (χ2n) is 5.55. The van der Waals surface area contributed by atoms with Crippen LogP contribution in [-0.2, 0) is 4.74 Å². The van der Waals surface area contributed by atoms with Crippen molar-refractivity contribution >= 4 is 11.7 Å². The predicted octanol–water partition coefficient (Wildman–Crippen LogP) is 1.94. The Bertz CT molecular complexity index is 459. The summed E-state index contributed by atoms with van der Waals surface area (Å²) in [5, 5.41) is 3.22. The molecule has 1 saturated heterocycles. The molecular weight excluding hydrogens is 268 g/mol. The number of anilines is 1. The maximum absolute atomic E-state index is 11.8. The third-order valence-corrected chi connectivity index (χ3v) is 3.54. The first-order chi connectivity index (χ1) is 10.2. The number of carbonyl (C=O) groups excluding carboxylic acids is 1. The summed E-state index contributed by atoms with van der Waals surface area (Å²) >= 11 is 0. The number of unbranched alkanes of at least 4 members (excludes halogenated alkanes) is 1. The normalized spacial score (nSPS) is 17.7. The molecule has 0 spiro atoms. The van der Waals surface area contributed by atoms with E-state index in [9.17, 15) is 4.79 Å². The lowest BCUT2D eigenvalue weighted by atomic mass is 10.1. The van der Waals surface area contributed by atoms with E-state index in [0.29, 0.717) is 17.6 Å². The summed E-state index contributed by atoms with van der Waals surface area (Å²) in [5.74, 6) is 0.518. The number of nitrogens with one attached hydrogen (secondary N) is 1. The fourth-order valence-electron chi connectivity index (χ4n) is 2.37. The van der Waals surface area contributed by atoms with Gasteiger partial charge in [-0.15, -0.1) is 0 Å². The fourth-order valence-corrected chi connectivity index (χ4v) is 2.37. The lowest BCUT2D eigenvalue weighted by molar-refractivity contribution is 0.0821. The Kier molecular flexibility index (Phi) is 5.92. The highest BCUT2D eigenvalue weighted by molar-refractivity contribution is 5.91. The molecule has 116 valence electrons.